The lowest BCUT2D eigenvalue weighted by atomic mass is 10.1. The number of hydrogen-bond acceptors (Lipinski definition) is 5. The van der Waals surface area contributed by atoms with Crippen LogP contribution in [0.15, 0.2) is 65.7 Å². The van der Waals surface area contributed by atoms with Gasteiger partial charge in [0.2, 0.25) is 0 Å². The van der Waals surface area contributed by atoms with Crippen molar-refractivity contribution in [3.05, 3.63) is 77.1 Å². The molecule has 0 spiro atoms. The average molecular weight is 443 g/mol. The molecule has 1 heterocycles. The number of pyridine rings is 1. The summed E-state index contributed by atoms with van der Waals surface area (Å²) in [5.74, 6) is 1.37. The first-order valence-corrected chi connectivity index (χ1v) is 10.9. The van der Waals surface area contributed by atoms with Crippen LogP contribution in [0.2, 0.25) is 5.02 Å². The van der Waals surface area contributed by atoms with E-state index in [-0.39, 0.29) is 12.5 Å². The number of anilines is 1. The lowest BCUT2D eigenvalue weighted by Gasteiger charge is -2.12. The van der Waals surface area contributed by atoms with Crippen LogP contribution in [0.1, 0.15) is 18.2 Å². The molecule has 0 unspecified atom stereocenters. The minimum atomic E-state index is -0.241. The van der Waals surface area contributed by atoms with Crippen LogP contribution in [0.4, 0.5) is 5.69 Å². The number of amides is 1. The molecule has 0 saturated heterocycles. The zero-order valence-corrected chi connectivity index (χ0v) is 18.4. The summed E-state index contributed by atoms with van der Waals surface area (Å²) in [5, 5.41) is 3.54. The molecule has 2 aromatic carbocycles. The molecule has 5 nitrogen and oxygen atoms in total. The number of aromatic nitrogens is 1. The molecule has 30 heavy (non-hydrogen) atoms. The van der Waals surface area contributed by atoms with Gasteiger partial charge in [0.25, 0.3) is 5.91 Å². The van der Waals surface area contributed by atoms with E-state index in [2.05, 4.69) is 17.2 Å². The zero-order chi connectivity index (χ0) is 21.3. The van der Waals surface area contributed by atoms with Crippen LogP contribution in [0.5, 0.6) is 11.5 Å². The van der Waals surface area contributed by atoms with Gasteiger partial charge in [-0.3, -0.25) is 9.78 Å². The van der Waals surface area contributed by atoms with Gasteiger partial charge in [-0.05, 0) is 48.4 Å². The Labute approximate surface area is 185 Å². The fourth-order valence-electron chi connectivity index (χ4n) is 2.66. The van der Waals surface area contributed by atoms with Crippen LogP contribution in [-0.4, -0.2) is 24.6 Å². The minimum absolute atomic E-state index is 0.125. The van der Waals surface area contributed by atoms with Crippen molar-refractivity contribution in [2.45, 2.75) is 24.0 Å². The van der Waals surface area contributed by atoms with Crippen molar-refractivity contribution in [1.29, 1.82) is 0 Å². The number of ether oxygens (including phenoxy) is 2. The first-order valence-electron chi connectivity index (χ1n) is 9.50. The predicted molar refractivity (Wildman–Crippen MR) is 122 cm³/mol. The highest BCUT2D eigenvalue weighted by Crippen LogP contribution is 2.30. The average Bonchev–Trinajstić information content (AvgIpc) is 2.78. The summed E-state index contributed by atoms with van der Waals surface area (Å²) in [5.41, 5.74) is 2.78. The van der Waals surface area contributed by atoms with Crippen LogP contribution >= 0.6 is 23.4 Å². The number of hydrogen-bond donors (Lipinski definition) is 1. The number of methoxy groups -OCH3 is 1. The van der Waals surface area contributed by atoms with Crippen LogP contribution in [0, 0.1) is 0 Å². The molecular formula is C23H23ClN2O3S. The number of rotatable bonds is 9. The van der Waals surface area contributed by atoms with Crippen molar-refractivity contribution < 1.29 is 14.3 Å². The smallest absolute Gasteiger partial charge is 0.262 e. The maximum Gasteiger partial charge on any atom is 0.262 e. The third-order valence-corrected chi connectivity index (χ3v) is 5.61. The normalized spacial score (nSPS) is 10.5. The number of carbonyl (C=O) groups excluding carboxylic acids is 1. The highest BCUT2D eigenvalue weighted by atomic mass is 35.5. The lowest BCUT2D eigenvalue weighted by Crippen LogP contribution is -2.20. The van der Waals surface area contributed by atoms with Gasteiger partial charge in [-0.2, -0.15) is 0 Å². The van der Waals surface area contributed by atoms with Crippen LogP contribution in [-0.2, 0) is 17.0 Å². The maximum absolute atomic E-state index is 12.3. The predicted octanol–water partition coefficient (Wildman–Crippen LogP) is 5.62. The third kappa shape index (κ3) is 6.40. The van der Waals surface area contributed by atoms with Gasteiger partial charge in [0.15, 0.2) is 18.1 Å². The summed E-state index contributed by atoms with van der Waals surface area (Å²) in [6.45, 7) is 1.96. The summed E-state index contributed by atoms with van der Waals surface area (Å²) >= 11 is 7.56. The van der Waals surface area contributed by atoms with Crippen LogP contribution < -0.4 is 14.8 Å². The fraction of sp³-hybridized carbons (Fsp3) is 0.217. The van der Waals surface area contributed by atoms with Gasteiger partial charge >= 0.3 is 0 Å². The van der Waals surface area contributed by atoms with Crippen molar-refractivity contribution >= 4 is 35.0 Å². The van der Waals surface area contributed by atoms with Gasteiger partial charge in [0.05, 0.1) is 19.0 Å². The van der Waals surface area contributed by atoms with E-state index in [0.717, 1.165) is 22.7 Å². The number of thioether (sulfide) groups is 1. The Morgan fingerprint density at radius 3 is 2.50 bits per heavy atom. The molecule has 156 valence electrons. The van der Waals surface area contributed by atoms with Gasteiger partial charge in [0, 0.05) is 27.4 Å². The quantitative estimate of drug-likeness (QED) is 0.436. The summed E-state index contributed by atoms with van der Waals surface area (Å²) in [7, 11) is 1.54. The topological polar surface area (TPSA) is 60.5 Å². The summed E-state index contributed by atoms with van der Waals surface area (Å²) in [6.07, 6.45) is 2.56. The van der Waals surface area contributed by atoms with Gasteiger partial charge in [-0.25, -0.2) is 0 Å². The summed E-state index contributed by atoms with van der Waals surface area (Å²) in [4.78, 5) is 17.7. The summed E-state index contributed by atoms with van der Waals surface area (Å²) < 4.78 is 11.0. The number of benzene rings is 2. The van der Waals surface area contributed by atoms with E-state index >= 15 is 0 Å². The zero-order valence-electron chi connectivity index (χ0n) is 16.9. The monoisotopic (exact) mass is 442 g/mol. The van der Waals surface area contributed by atoms with E-state index in [4.69, 9.17) is 21.1 Å². The number of carbonyl (C=O) groups is 1. The Morgan fingerprint density at radius 2 is 1.83 bits per heavy atom. The Morgan fingerprint density at radius 1 is 1.10 bits per heavy atom. The largest absolute Gasteiger partial charge is 0.491 e. The Bertz CT molecular complexity index is 979. The number of aryl methyl sites for hydroxylation is 1. The fourth-order valence-corrected chi connectivity index (χ4v) is 3.59. The Kier molecular flexibility index (Phi) is 7.99. The van der Waals surface area contributed by atoms with Crippen molar-refractivity contribution in [2.75, 3.05) is 19.0 Å². The number of nitrogens with zero attached hydrogens (tertiary/aromatic N) is 1. The first-order chi connectivity index (χ1) is 14.6. The molecule has 0 aliphatic rings. The van der Waals surface area contributed by atoms with Crippen molar-refractivity contribution in [3.8, 4) is 11.5 Å². The lowest BCUT2D eigenvalue weighted by molar-refractivity contribution is -0.118. The SMILES string of the molecule is CCc1ccc(NC(=O)COc2cc(CSc3ccc(Cl)cc3)ncc2OC)cc1. The molecule has 7 heteroatoms. The molecule has 0 saturated carbocycles. The molecule has 0 atom stereocenters. The van der Waals surface area contributed by atoms with Gasteiger partial charge < -0.3 is 14.8 Å². The van der Waals surface area contributed by atoms with Crippen LogP contribution in [0.3, 0.4) is 0 Å². The molecule has 0 aliphatic carbocycles. The molecule has 0 radical (unpaired) electrons. The molecule has 0 aliphatic heterocycles. The second-order valence-electron chi connectivity index (χ2n) is 6.46. The minimum Gasteiger partial charge on any atom is -0.491 e. The molecule has 0 fully saturated rings. The highest BCUT2D eigenvalue weighted by molar-refractivity contribution is 7.98. The van der Waals surface area contributed by atoms with E-state index < -0.39 is 0 Å². The van der Waals surface area contributed by atoms with Crippen LogP contribution in [0.25, 0.3) is 0 Å². The van der Waals surface area contributed by atoms with Gasteiger partial charge in [-0.15, -0.1) is 11.8 Å². The Hall–Kier alpha value is -2.70. The number of nitrogens with one attached hydrogen (secondary N) is 1. The van der Waals surface area contributed by atoms with E-state index in [1.165, 1.54) is 5.56 Å². The van der Waals surface area contributed by atoms with Gasteiger partial charge in [0.1, 0.15) is 0 Å². The second-order valence-corrected chi connectivity index (χ2v) is 7.94. The highest BCUT2D eigenvalue weighted by Gasteiger charge is 2.11. The molecule has 1 N–H and O–H groups in total. The standard InChI is InChI=1S/C23H23ClN2O3S/c1-3-16-4-8-18(9-5-16)26-23(27)14-29-21-12-19(25-13-22(21)28-2)15-30-20-10-6-17(24)7-11-20/h4-13H,3,14-15H2,1-2H3,(H,26,27). The van der Waals surface area contributed by atoms with Crippen molar-refractivity contribution in [2.24, 2.45) is 0 Å². The number of halogens is 1. The van der Waals surface area contributed by atoms with E-state index in [9.17, 15) is 4.79 Å². The molecule has 3 aromatic rings. The van der Waals surface area contributed by atoms with Crippen molar-refractivity contribution in [1.82, 2.24) is 4.98 Å². The first kappa shape index (κ1) is 22.0. The molecule has 1 aromatic heterocycles. The van der Waals surface area contributed by atoms with E-state index in [1.807, 2.05) is 48.5 Å². The molecular weight excluding hydrogens is 420 g/mol. The maximum atomic E-state index is 12.3. The molecule has 0 bridgehead atoms. The Balaban J connectivity index is 1.58. The second kappa shape index (κ2) is 10.9. The molecule has 3 rings (SSSR count). The van der Waals surface area contributed by atoms with Gasteiger partial charge in [-0.1, -0.05) is 30.7 Å². The van der Waals surface area contributed by atoms with E-state index in [1.54, 1.807) is 31.1 Å². The molecule has 1 amide bonds. The summed E-state index contributed by atoms with van der Waals surface area (Å²) in [6, 6.07) is 17.2. The van der Waals surface area contributed by atoms with Crippen molar-refractivity contribution in [3.63, 3.8) is 0 Å². The van der Waals surface area contributed by atoms with E-state index in [0.29, 0.717) is 22.3 Å². The third-order valence-electron chi connectivity index (χ3n) is 4.31.